The molecule has 19 heavy (non-hydrogen) atoms. The lowest BCUT2D eigenvalue weighted by molar-refractivity contribution is -0.144. The molecule has 1 saturated carbocycles. The molecule has 1 aliphatic carbocycles. The van der Waals surface area contributed by atoms with Crippen LogP contribution in [0.5, 0.6) is 0 Å². The van der Waals surface area contributed by atoms with Gasteiger partial charge in [0.05, 0.1) is 5.92 Å². The minimum atomic E-state index is 0.0476. The molecular weight excluding hydrogens is 238 g/mol. The van der Waals surface area contributed by atoms with E-state index in [1.807, 2.05) is 0 Å². The largest absolute Gasteiger partial charge is 0.462 e. The quantitative estimate of drug-likeness (QED) is 0.750. The summed E-state index contributed by atoms with van der Waals surface area (Å²) < 4.78 is 5.52. The highest BCUT2D eigenvalue weighted by molar-refractivity contribution is 5.74. The fourth-order valence-electron chi connectivity index (χ4n) is 3.58. The Morgan fingerprint density at radius 1 is 1.21 bits per heavy atom. The van der Waals surface area contributed by atoms with Crippen molar-refractivity contribution >= 4 is 5.97 Å². The van der Waals surface area contributed by atoms with Crippen molar-refractivity contribution in [3.05, 3.63) is 0 Å². The summed E-state index contributed by atoms with van der Waals surface area (Å²) in [6.07, 6.45) is 11.6. The van der Waals surface area contributed by atoms with Gasteiger partial charge < -0.3 is 10.5 Å². The second-order valence-corrected chi connectivity index (χ2v) is 6.42. The number of nitrogens with two attached hydrogens (primary N) is 1. The molecule has 0 amide bonds. The monoisotopic (exact) mass is 267 g/mol. The van der Waals surface area contributed by atoms with Crippen LogP contribution in [-0.4, -0.2) is 18.1 Å². The molecule has 0 aromatic heterocycles. The Labute approximate surface area is 117 Å². The van der Waals surface area contributed by atoms with Gasteiger partial charge in [0, 0.05) is 6.04 Å². The van der Waals surface area contributed by atoms with Crippen LogP contribution in [0.4, 0.5) is 0 Å². The summed E-state index contributed by atoms with van der Waals surface area (Å²) in [6, 6.07) is 0.377. The summed E-state index contributed by atoms with van der Waals surface area (Å²) in [5, 5.41) is 0. The fourth-order valence-corrected chi connectivity index (χ4v) is 3.58. The standard InChI is InChI=1S/C16H29NO2/c1-2-3-6-13-11-14(19-16(13)18)10-9-12-7-4-5-8-15(12)17/h12-15H,2-11,17H2,1H3/t12?,13-,14+,15+/m1/s1. The summed E-state index contributed by atoms with van der Waals surface area (Å²) >= 11 is 0. The van der Waals surface area contributed by atoms with E-state index in [1.165, 1.54) is 25.7 Å². The Balaban J connectivity index is 1.70. The normalized spacial score (nSPS) is 35.4. The molecule has 2 rings (SSSR count). The number of cyclic esters (lactones) is 1. The zero-order chi connectivity index (χ0) is 13.7. The van der Waals surface area contributed by atoms with E-state index in [-0.39, 0.29) is 18.0 Å². The summed E-state index contributed by atoms with van der Waals surface area (Å²) in [6.45, 7) is 2.17. The van der Waals surface area contributed by atoms with Gasteiger partial charge in [-0.2, -0.15) is 0 Å². The second-order valence-electron chi connectivity index (χ2n) is 6.42. The highest BCUT2D eigenvalue weighted by Crippen LogP contribution is 2.32. The first-order valence-corrected chi connectivity index (χ1v) is 8.16. The molecule has 1 aliphatic heterocycles. The van der Waals surface area contributed by atoms with Crippen LogP contribution in [0.1, 0.15) is 71.1 Å². The van der Waals surface area contributed by atoms with Crippen molar-refractivity contribution < 1.29 is 9.53 Å². The van der Waals surface area contributed by atoms with Gasteiger partial charge in [0.2, 0.25) is 0 Å². The van der Waals surface area contributed by atoms with E-state index in [2.05, 4.69) is 6.92 Å². The van der Waals surface area contributed by atoms with E-state index < -0.39 is 0 Å². The molecule has 110 valence electrons. The molecule has 4 atom stereocenters. The molecule has 1 unspecified atom stereocenters. The van der Waals surface area contributed by atoms with Gasteiger partial charge in [0.25, 0.3) is 0 Å². The first-order valence-electron chi connectivity index (χ1n) is 8.16. The Morgan fingerprint density at radius 2 is 2.00 bits per heavy atom. The lowest BCUT2D eigenvalue weighted by atomic mass is 9.81. The average molecular weight is 267 g/mol. The highest BCUT2D eigenvalue weighted by Gasteiger charge is 2.34. The third-order valence-electron chi connectivity index (χ3n) is 4.90. The number of carbonyl (C=O) groups is 1. The minimum absolute atomic E-state index is 0.0476. The smallest absolute Gasteiger partial charge is 0.309 e. The molecule has 0 aromatic carbocycles. The van der Waals surface area contributed by atoms with Crippen LogP contribution in [0.3, 0.4) is 0 Å². The summed E-state index contributed by atoms with van der Waals surface area (Å²) in [5.74, 6) is 0.874. The molecule has 1 saturated heterocycles. The summed E-state index contributed by atoms with van der Waals surface area (Å²) in [5.41, 5.74) is 6.18. The number of carbonyl (C=O) groups excluding carboxylic acids is 1. The molecule has 0 spiro atoms. The maximum atomic E-state index is 11.8. The van der Waals surface area contributed by atoms with Crippen molar-refractivity contribution in [2.75, 3.05) is 0 Å². The number of unbranched alkanes of at least 4 members (excludes halogenated alkanes) is 1. The Kier molecular flexibility index (Phi) is 5.68. The van der Waals surface area contributed by atoms with Crippen molar-refractivity contribution in [1.29, 1.82) is 0 Å². The van der Waals surface area contributed by atoms with Gasteiger partial charge in [-0.1, -0.05) is 32.6 Å². The predicted molar refractivity (Wildman–Crippen MR) is 76.7 cm³/mol. The first-order chi connectivity index (χ1) is 9.20. The third kappa shape index (κ3) is 4.20. The van der Waals surface area contributed by atoms with Gasteiger partial charge >= 0.3 is 5.97 Å². The Bertz CT molecular complexity index is 292. The van der Waals surface area contributed by atoms with Crippen LogP contribution in [0, 0.1) is 11.8 Å². The van der Waals surface area contributed by atoms with Gasteiger partial charge in [-0.25, -0.2) is 0 Å². The first kappa shape index (κ1) is 14.8. The van der Waals surface area contributed by atoms with E-state index in [0.717, 1.165) is 38.5 Å². The maximum absolute atomic E-state index is 11.8. The van der Waals surface area contributed by atoms with Crippen molar-refractivity contribution in [3.8, 4) is 0 Å². The van der Waals surface area contributed by atoms with Gasteiger partial charge in [-0.05, 0) is 44.4 Å². The number of ether oxygens (including phenoxy) is 1. The zero-order valence-corrected chi connectivity index (χ0v) is 12.3. The van der Waals surface area contributed by atoms with Crippen LogP contribution in [0.2, 0.25) is 0 Å². The van der Waals surface area contributed by atoms with E-state index in [9.17, 15) is 4.79 Å². The molecule has 0 aromatic rings. The van der Waals surface area contributed by atoms with E-state index >= 15 is 0 Å². The molecular formula is C16H29NO2. The van der Waals surface area contributed by atoms with Crippen molar-refractivity contribution in [2.45, 2.75) is 83.3 Å². The molecule has 2 aliphatic rings. The number of hydrogen-bond acceptors (Lipinski definition) is 3. The number of hydrogen-bond donors (Lipinski definition) is 1. The van der Waals surface area contributed by atoms with E-state index in [0.29, 0.717) is 12.0 Å². The highest BCUT2D eigenvalue weighted by atomic mass is 16.5. The lowest BCUT2D eigenvalue weighted by Crippen LogP contribution is -2.33. The molecule has 0 radical (unpaired) electrons. The zero-order valence-electron chi connectivity index (χ0n) is 12.3. The van der Waals surface area contributed by atoms with Gasteiger partial charge in [0.1, 0.15) is 6.10 Å². The number of esters is 1. The van der Waals surface area contributed by atoms with Gasteiger partial charge in [-0.3, -0.25) is 4.79 Å². The van der Waals surface area contributed by atoms with E-state index in [4.69, 9.17) is 10.5 Å². The lowest BCUT2D eigenvalue weighted by Gasteiger charge is -2.29. The molecule has 3 nitrogen and oxygen atoms in total. The van der Waals surface area contributed by atoms with Crippen LogP contribution in [-0.2, 0) is 9.53 Å². The SMILES string of the molecule is CCCC[C@@H]1C[C@H](CCC2CCCC[C@@H]2N)OC1=O. The predicted octanol–water partition coefficient (Wildman–Crippen LogP) is 3.41. The van der Waals surface area contributed by atoms with Crippen molar-refractivity contribution in [1.82, 2.24) is 0 Å². The van der Waals surface area contributed by atoms with Crippen LogP contribution >= 0.6 is 0 Å². The number of rotatable bonds is 6. The Hall–Kier alpha value is -0.570. The molecule has 0 bridgehead atoms. The second kappa shape index (κ2) is 7.28. The molecule has 1 heterocycles. The van der Waals surface area contributed by atoms with E-state index in [1.54, 1.807) is 0 Å². The molecule has 3 heteroatoms. The van der Waals surface area contributed by atoms with Crippen LogP contribution in [0.15, 0.2) is 0 Å². The van der Waals surface area contributed by atoms with Gasteiger partial charge in [0.15, 0.2) is 0 Å². The summed E-state index contributed by atoms with van der Waals surface area (Å²) in [7, 11) is 0. The third-order valence-corrected chi connectivity index (χ3v) is 4.90. The van der Waals surface area contributed by atoms with Crippen molar-refractivity contribution in [2.24, 2.45) is 17.6 Å². The Morgan fingerprint density at radius 3 is 2.74 bits per heavy atom. The topological polar surface area (TPSA) is 52.3 Å². The summed E-state index contributed by atoms with van der Waals surface area (Å²) in [4.78, 5) is 11.8. The maximum Gasteiger partial charge on any atom is 0.309 e. The minimum Gasteiger partial charge on any atom is -0.462 e. The van der Waals surface area contributed by atoms with Crippen LogP contribution < -0.4 is 5.73 Å². The average Bonchev–Trinajstić information content (AvgIpc) is 2.76. The van der Waals surface area contributed by atoms with Crippen LogP contribution in [0.25, 0.3) is 0 Å². The van der Waals surface area contributed by atoms with Gasteiger partial charge in [-0.15, -0.1) is 0 Å². The van der Waals surface area contributed by atoms with Crippen molar-refractivity contribution in [3.63, 3.8) is 0 Å². The molecule has 2 N–H and O–H groups in total. The molecule has 2 fully saturated rings. The fraction of sp³-hybridized carbons (Fsp3) is 0.938.